The molecule has 0 heteroatoms. The van der Waals surface area contributed by atoms with Crippen molar-refractivity contribution in [3.8, 4) is 11.1 Å². The van der Waals surface area contributed by atoms with E-state index >= 15 is 0 Å². The van der Waals surface area contributed by atoms with Crippen molar-refractivity contribution < 1.29 is 0 Å². The molecule has 0 N–H and O–H groups in total. The van der Waals surface area contributed by atoms with Crippen LogP contribution in [0.25, 0.3) is 11.1 Å². The molecule has 0 atom stereocenters. The summed E-state index contributed by atoms with van der Waals surface area (Å²) in [7, 11) is 0. The van der Waals surface area contributed by atoms with Crippen LogP contribution < -0.4 is 0 Å². The third kappa shape index (κ3) is 1.37. The highest BCUT2D eigenvalue weighted by Crippen LogP contribution is 2.16. The quantitative estimate of drug-likeness (QED) is 0.589. The summed E-state index contributed by atoms with van der Waals surface area (Å²) < 4.78 is 0. The average Bonchev–Trinajstić information content (AvgIpc) is 2.21. The van der Waals surface area contributed by atoms with Crippen LogP contribution in [-0.2, 0) is 0 Å². The molecule has 0 aromatic heterocycles. The van der Waals surface area contributed by atoms with E-state index in [4.69, 9.17) is 0 Å². The summed E-state index contributed by atoms with van der Waals surface area (Å²) in [5.41, 5.74) is 2.41. The van der Waals surface area contributed by atoms with Crippen molar-refractivity contribution in [2.75, 3.05) is 0 Å². The molecule has 0 aliphatic heterocycles. The Morgan fingerprint density at radius 2 is 1.58 bits per heavy atom. The molecule has 2 aromatic carbocycles. The molecule has 56 valence electrons. The summed E-state index contributed by atoms with van der Waals surface area (Å²) in [6.07, 6.45) is 0. The van der Waals surface area contributed by atoms with Gasteiger partial charge in [-0.15, -0.1) is 0 Å². The van der Waals surface area contributed by atoms with Gasteiger partial charge in [0.2, 0.25) is 0 Å². The van der Waals surface area contributed by atoms with Gasteiger partial charge in [-0.2, -0.15) is 0 Å². The second-order valence-electron chi connectivity index (χ2n) is 2.58. The Balaban J connectivity index is 2.46. The van der Waals surface area contributed by atoms with Crippen LogP contribution in [0.3, 0.4) is 0 Å². The largest absolute Gasteiger partial charge is 0.0610 e. The molecule has 0 fully saturated rings. The first-order valence-electron chi connectivity index (χ1n) is 3.89. The van der Waals surface area contributed by atoms with Gasteiger partial charge in [0.1, 0.15) is 0 Å². The summed E-state index contributed by atoms with van der Waals surface area (Å²) >= 11 is 0. The molecule has 0 aliphatic rings. The lowest BCUT2D eigenvalue weighted by Gasteiger charge is -1.98. The molecule has 2 radical (unpaired) electrons. The SMILES string of the molecule is [c]1ccc(-c2c[c]ccc2)cc1. The highest BCUT2D eigenvalue weighted by atomic mass is 14.0. The highest BCUT2D eigenvalue weighted by molar-refractivity contribution is 5.62. The predicted molar refractivity (Wildman–Crippen MR) is 49.6 cm³/mol. The molecule has 2 rings (SSSR count). The second kappa shape index (κ2) is 3.22. The molecule has 0 heterocycles. The Morgan fingerprint density at radius 3 is 2.25 bits per heavy atom. The molecule has 12 heavy (non-hydrogen) atoms. The molecule has 0 spiro atoms. The zero-order chi connectivity index (χ0) is 8.23. The molecule has 0 bridgehead atoms. The summed E-state index contributed by atoms with van der Waals surface area (Å²) in [5.74, 6) is 0. The van der Waals surface area contributed by atoms with Gasteiger partial charge in [-0.3, -0.25) is 0 Å². The number of rotatable bonds is 1. The maximum absolute atomic E-state index is 3.05. The van der Waals surface area contributed by atoms with Crippen molar-refractivity contribution in [3.63, 3.8) is 0 Å². The fourth-order valence-corrected chi connectivity index (χ4v) is 1.15. The Morgan fingerprint density at radius 1 is 0.750 bits per heavy atom. The van der Waals surface area contributed by atoms with E-state index in [2.05, 4.69) is 18.2 Å². The van der Waals surface area contributed by atoms with Crippen LogP contribution in [0.2, 0.25) is 0 Å². The summed E-state index contributed by atoms with van der Waals surface area (Å²) in [4.78, 5) is 0. The molecule has 0 saturated carbocycles. The zero-order valence-corrected chi connectivity index (χ0v) is 6.62. The van der Waals surface area contributed by atoms with E-state index in [0.29, 0.717) is 0 Å². The lowest BCUT2D eigenvalue weighted by Crippen LogP contribution is -1.74. The van der Waals surface area contributed by atoms with E-state index in [0.717, 1.165) is 0 Å². The Hall–Kier alpha value is -1.56. The molecule has 0 amide bonds. The Labute approximate surface area is 72.5 Å². The van der Waals surface area contributed by atoms with Gasteiger partial charge in [-0.1, -0.05) is 42.5 Å². The Kier molecular flexibility index (Phi) is 1.91. The van der Waals surface area contributed by atoms with E-state index in [1.165, 1.54) is 11.1 Å². The summed E-state index contributed by atoms with van der Waals surface area (Å²) in [5, 5.41) is 0. The second-order valence-corrected chi connectivity index (χ2v) is 2.58. The normalized spacial score (nSPS) is 9.67. The van der Waals surface area contributed by atoms with Crippen molar-refractivity contribution in [2.45, 2.75) is 0 Å². The molecule has 0 unspecified atom stereocenters. The minimum Gasteiger partial charge on any atom is -0.0610 e. The van der Waals surface area contributed by atoms with Gasteiger partial charge in [-0.25, -0.2) is 0 Å². The topological polar surface area (TPSA) is 0 Å². The lowest BCUT2D eigenvalue weighted by atomic mass is 10.1. The highest BCUT2D eigenvalue weighted by Gasteiger charge is 1.92. The van der Waals surface area contributed by atoms with Gasteiger partial charge < -0.3 is 0 Å². The predicted octanol–water partition coefficient (Wildman–Crippen LogP) is 2.95. The molecule has 0 nitrogen and oxygen atoms in total. The van der Waals surface area contributed by atoms with Gasteiger partial charge in [0.05, 0.1) is 0 Å². The molecule has 0 saturated heterocycles. The van der Waals surface area contributed by atoms with Crippen LogP contribution in [0, 0.1) is 12.1 Å². The zero-order valence-electron chi connectivity index (χ0n) is 6.62. The number of hydrogen-bond donors (Lipinski definition) is 0. The van der Waals surface area contributed by atoms with Gasteiger partial charge in [-0.05, 0) is 29.3 Å². The van der Waals surface area contributed by atoms with E-state index < -0.39 is 0 Å². The maximum Gasteiger partial charge on any atom is -0.0178 e. The first-order chi connectivity index (χ1) is 5.97. The molecular weight excluding hydrogens is 144 g/mol. The summed E-state index contributed by atoms with van der Waals surface area (Å²) in [6.45, 7) is 0. The Bertz CT molecular complexity index is 297. The van der Waals surface area contributed by atoms with Gasteiger partial charge in [0.15, 0.2) is 0 Å². The monoisotopic (exact) mass is 152 g/mol. The summed E-state index contributed by atoms with van der Waals surface area (Å²) in [6, 6.07) is 21.9. The molecular formula is C12H8. The van der Waals surface area contributed by atoms with Gasteiger partial charge >= 0.3 is 0 Å². The third-order valence-electron chi connectivity index (χ3n) is 1.76. The van der Waals surface area contributed by atoms with Crippen molar-refractivity contribution >= 4 is 0 Å². The first kappa shape index (κ1) is 7.11. The third-order valence-corrected chi connectivity index (χ3v) is 1.76. The van der Waals surface area contributed by atoms with E-state index in [1.807, 2.05) is 42.5 Å². The van der Waals surface area contributed by atoms with E-state index in [-0.39, 0.29) is 0 Å². The van der Waals surface area contributed by atoms with Gasteiger partial charge in [0.25, 0.3) is 0 Å². The van der Waals surface area contributed by atoms with Crippen LogP contribution >= 0.6 is 0 Å². The minimum atomic E-state index is 1.20. The van der Waals surface area contributed by atoms with Crippen LogP contribution in [0.15, 0.2) is 48.5 Å². The standard InChI is InChI=1S/C12H8/c1-3-7-11(8-4-1)12-9-5-2-6-10-12/h1,3,5-10H. The lowest BCUT2D eigenvalue weighted by molar-refractivity contribution is 1.61. The van der Waals surface area contributed by atoms with Crippen LogP contribution in [0.4, 0.5) is 0 Å². The number of hydrogen-bond acceptors (Lipinski definition) is 0. The maximum atomic E-state index is 3.05. The van der Waals surface area contributed by atoms with Crippen LogP contribution in [-0.4, -0.2) is 0 Å². The van der Waals surface area contributed by atoms with Crippen molar-refractivity contribution in [2.24, 2.45) is 0 Å². The van der Waals surface area contributed by atoms with Crippen molar-refractivity contribution in [1.29, 1.82) is 0 Å². The van der Waals surface area contributed by atoms with Gasteiger partial charge in [0, 0.05) is 0 Å². The molecule has 0 aliphatic carbocycles. The number of benzene rings is 2. The van der Waals surface area contributed by atoms with Crippen LogP contribution in [0.1, 0.15) is 0 Å². The van der Waals surface area contributed by atoms with Crippen molar-refractivity contribution in [1.82, 2.24) is 0 Å². The fourth-order valence-electron chi connectivity index (χ4n) is 1.15. The van der Waals surface area contributed by atoms with Crippen molar-refractivity contribution in [3.05, 3.63) is 60.7 Å². The van der Waals surface area contributed by atoms with E-state index in [1.54, 1.807) is 0 Å². The fraction of sp³-hybridized carbons (Fsp3) is 0. The first-order valence-corrected chi connectivity index (χ1v) is 3.89. The molecule has 2 aromatic rings. The van der Waals surface area contributed by atoms with Crippen LogP contribution in [0.5, 0.6) is 0 Å². The van der Waals surface area contributed by atoms with E-state index in [9.17, 15) is 0 Å². The smallest absolute Gasteiger partial charge is 0.0178 e. The average molecular weight is 152 g/mol. The minimum absolute atomic E-state index is 1.20.